The van der Waals surface area contributed by atoms with Crippen LogP contribution in [0.3, 0.4) is 0 Å². The van der Waals surface area contributed by atoms with Crippen LogP contribution in [0.4, 0.5) is 0 Å². The van der Waals surface area contributed by atoms with Crippen LogP contribution in [-0.2, 0) is 9.47 Å². The number of hydrogen-bond donors (Lipinski definition) is 1. The van der Waals surface area contributed by atoms with Crippen molar-refractivity contribution in [2.24, 2.45) is 5.92 Å². The molecule has 1 aliphatic carbocycles. The van der Waals surface area contributed by atoms with E-state index in [1.54, 1.807) is 0 Å². The van der Waals surface area contributed by atoms with Crippen molar-refractivity contribution >= 4 is 0 Å². The lowest BCUT2D eigenvalue weighted by Gasteiger charge is -2.23. The summed E-state index contributed by atoms with van der Waals surface area (Å²) in [6.07, 6.45) is 8.05. The predicted molar refractivity (Wildman–Crippen MR) is 64.4 cm³/mol. The molecular formula is C13H21NO2. The Morgan fingerprint density at radius 2 is 2.50 bits per heavy atom. The molecule has 3 nitrogen and oxygen atoms in total. The lowest BCUT2D eigenvalue weighted by molar-refractivity contribution is -0.0265. The molecule has 16 heavy (non-hydrogen) atoms. The van der Waals surface area contributed by atoms with E-state index >= 15 is 0 Å². The van der Waals surface area contributed by atoms with Crippen molar-refractivity contribution < 1.29 is 9.47 Å². The molecule has 0 bridgehead atoms. The average Bonchev–Trinajstić information content (AvgIpc) is 2.33. The molecule has 0 saturated carbocycles. The average molecular weight is 223 g/mol. The number of hydrogen-bond acceptors (Lipinski definition) is 3. The largest absolute Gasteiger partial charge is 0.374 e. The Balaban J connectivity index is 1.62. The summed E-state index contributed by atoms with van der Waals surface area (Å²) in [5.74, 6) is 0.676. The van der Waals surface area contributed by atoms with Gasteiger partial charge in [0, 0.05) is 13.1 Å². The molecule has 2 aliphatic rings. The Morgan fingerprint density at radius 3 is 3.19 bits per heavy atom. The van der Waals surface area contributed by atoms with Crippen LogP contribution in [0.25, 0.3) is 0 Å². The van der Waals surface area contributed by atoms with Gasteiger partial charge in [0.1, 0.15) is 0 Å². The summed E-state index contributed by atoms with van der Waals surface area (Å²) in [6, 6.07) is 0. The third kappa shape index (κ3) is 3.74. The van der Waals surface area contributed by atoms with E-state index in [0.717, 1.165) is 26.1 Å². The van der Waals surface area contributed by atoms with Gasteiger partial charge in [-0.15, -0.1) is 0 Å². The van der Waals surface area contributed by atoms with Crippen molar-refractivity contribution in [3.05, 3.63) is 23.8 Å². The first-order valence-corrected chi connectivity index (χ1v) is 6.12. The van der Waals surface area contributed by atoms with Crippen LogP contribution >= 0.6 is 0 Å². The summed E-state index contributed by atoms with van der Waals surface area (Å²) in [5.41, 5.74) is 1.29. The Labute approximate surface area is 97.5 Å². The molecule has 2 unspecified atom stereocenters. The number of nitrogens with one attached hydrogen (secondary N) is 1. The third-order valence-electron chi connectivity index (χ3n) is 2.97. The van der Waals surface area contributed by atoms with Crippen LogP contribution < -0.4 is 5.32 Å². The summed E-state index contributed by atoms with van der Waals surface area (Å²) < 4.78 is 11.2. The fraction of sp³-hybridized carbons (Fsp3) is 0.692. The molecule has 0 radical (unpaired) electrons. The normalized spacial score (nSPS) is 30.2. The Morgan fingerprint density at radius 1 is 1.56 bits per heavy atom. The highest BCUT2D eigenvalue weighted by molar-refractivity contribution is 5.23. The summed E-state index contributed by atoms with van der Waals surface area (Å²) in [6.45, 7) is 6.30. The molecule has 0 aromatic rings. The highest BCUT2D eigenvalue weighted by Crippen LogP contribution is 2.15. The second kappa shape index (κ2) is 6.18. The number of morpholine rings is 1. The molecule has 1 aliphatic heterocycles. The van der Waals surface area contributed by atoms with Gasteiger partial charge in [-0.2, -0.15) is 0 Å². The van der Waals surface area contributed by atoms with E-state index in [4.69, 9.17) is 9.47 Å². The molecule has 1 fully saturated rings. The zero-order valence-electron chi connectivity index (χ0n) is 9.95. The van der Waals surface area contributed by atoms with Gasteiger partial charge in [-0.05, 0) is 17.9 Å². The van der Waals surface area contributed by atoms with Crippen molar-refractivity contribution in [2.75, 3.05) is 32.9 Å². The van der Waals surface area contributed by atoms with Gasteiger partial charge in [0.15, 0.2) is 0 Å². The highest BCUT2D eigenvalue weighted by atomic mass is 16.5. The lowest BCUT2D eigenvalue weighted by atomic mass is 9.99. The molecule has 0 aromatic carbocycles. The van der Waals surface area contributed by atoms with E-state index in [9.17, 15) is 0 Å². The van der Waals surface area contributed by atoms with Gasteiger partial charge in [-0.25, -0.2) is 0 Å². The van der Waals surface area contributed by atoms with Gasteiger partial charge in [0.25, 0.3) is 0 Å². The topological polar surface area (TPSA) is 30.5 Å². The van der Waals surface area contributed by atoms with E-state index in [1.807, 2.05) is 0 Å². The maximum absolute atomic E-state index is 5.66. The first kappa shape index (κ1) is 11.8. The second-order valence-corrected chi connectivity index (χ2v) is 4.56. The lowest BCUT2D eigenvalue weighted by Crippen LogP contribution is -2.41. The number of rotatable bonds is 4. The van der Waals surface area contributed by atoms with E-state index in [1.165, 1.54) is 5.57 Å². The Bertz CT molecular complexity index is 267. The van der Waals surface area contributed by atoms with Crippen molar-refractivity contribution in [1.29, 1.82) is 0 Å². The molecule has 0 amide bonds. The Kier molecular flexibility index (Phi) is 4.57. The van der Waals surface area contributed by atoms with Crippen molar-refractivity contribution in [3.8, 4) is 0 Å². The molecule has 0 aromatic heterocycles. The number of allylic oxidation sites excluding steroid dienone is 2. The monoisotopic (exact) mass is 223 g/mol. The first-order valence-electron chi connectivity index (χ1n) is 6.12. The van der Waals surface area contributed by atoms with Crippen LogP contribution in [0.15, 0.2) is 23.8 Å². The molecule has 1 saturated heterocycles. The maximum Gasteiger partial charge on any atom is 0.0933 e. The smallest absolute Gasteiger partial charge is 0.0933 e. The summed E-state index contributed by atoms with van der Waals surface area (Å²) in [7, 11) is 0. The first-order chi connectivity index (χ1) is 7.84. The van der Waals surface area contributed by atoms with Crippen molar-refractivity contribution in [2.45, 2.75) is 19.4 Å². The minimum Gasteiger partial charge on any atom is -0.374 e. The molecular weight excluding hydrogens is 202 g/mol. The van der Waals surface area contributed by atoms with Gasteiger partial charge >= 0.3 is 0 Å². The second-order valence-electron chi connectivity index (χ2n) is 4.56. The molecule has 1 heterocycles. The standard InChI is InChI=1S/C13H21NO2/c1-11-2-4-12(5-3-11)9-15-10-13-8-14-6-7-16-13/h2,4-5,11,13-14H,3,6-10H2,1H3. The van der Waals surface area contributed by atoms with Crippen LogP contribution in [-0.4, -0.2) is 39.0 Å². The van der Waals surface area contributed by atoms with E-state index < -0.39 is 0 Å². The van der Waals surface area contributed by atoms with Crippen LogP contribution in [0.2, 0.25) is 0 Å². The summed E-state index contributed by atoms with van der Waals surface area (Å²) in [4.78, 5) is 0. The van der Waals surface area contributed by atoms with Crippen molar-refractivity contribution in [1.82, 2.24) is 5.32 Å². The van der Waals surface area contributed by atoms with E-state index in [0.29, 0.717) is 19.1 Å². The fourth-order valence-electron chi connectivity index (χ4n) is 1.91. The van der Waals surface area contributed by atoms with Crippen LogP contribution in [0, 0.1) is 5.92 Å². The van der Waals surface area contributed by atoms with Crippen molar-refractivity contribution in [3.63, 3.8) is 0 Å². The van der Waals surface area contributed by atoms with E-state index in [-0.39, 0.29) is 6.10 Å². The highest BCUT2D eigenvalue weighted by Gasteiger charge is 2.13. The summed E-state index contributed by atoms with van der Waals surface area (Å²) >= 11 is 0. The minimum atomic E-state index is 0.223. The predicted octanol–water partition coefficient (Wildman–Crippen LogP) is 1.51. The SMILES string of the molecule is CC1C=CC(COCC2CNCCO2)=CC1. The molecule has 0 spiro atoms. The van der Waals surface area contributed by atoms with Gasteiger partial charge < -0.3 is 14.8 Å². The molecule has 3 heteroatoms. The zero-order chi connectivity index (χ0) is 11.2. The van der Waals surface area contributed by atoms with Gasteiger partial charge in [0.2, 0.25) is 0 Å². The van der Waals surface area contributed by atoms with Gasteiger partial charge in [-0.1, -0.05) is 25.2 Å². The fourth-order valence-corrected chi connectivity index (χ4v) is 1.91. The van der Waals surface area contributed by atoms with Crippen LogP contribution in [0.5, 0.6) is 0 Å². The zero-order valence-corrected chi connectivity index (χ0v) is 9.95. The van der Waals surface area contributed by atoms with Crippen LogP contribution in [0.1, 0.15) is 13.3 Å². The molecule has 2 atom stereocenters. The van der Waals surface area contributed by atoms with E-state index in [2.05, 4.69) is 30.5 Å². The molecule has 90 valence electrons. The maximum atomic E-state index is 5.66. The third-order valence-corrected chi connectivity index (χ3v) is 2.97. The number of ether oxygens (including phenoxy) is 2. The Hall–Kier alpha value is -0.640. The van der Waals surface area contributed by atoms with Gasteiger partial charge in [-0.3, -0.25) is 0 Å². The minimum absolute atomic E-state index is 0.223. The quantitative estimate of drug-likeness (QED) is 0.783. The summed E-state index contributed by atoms with van der Waals surface area (Å²) in [5, 5.41) is 3.30. The molecule has 1 N–H and O–H groups in total. The van der Waals surface area contributed by atoms with Gasteiger partial charge in [0.05, 0.1) is 25.9 Å². The molecule has 2 rings (SSSR count).